The summed E-state index contributed by atoms with van der Waals surface area (Å²) >= 11 is 0.00623. The van der Waals surface area contributed by atoms with Crippen molar-refractivity contribution in [1.29, 1.82) is 0 Å². The Morgan fingerprint density at radius 1 is 0.420 bits per heavy atom. The quantitative estimate of drug-likeness (QED) is 0.0190. The molecule has 88 heavy (non-hydrogen) atoms. The van der Waals surface area contributed by atoms with E-state index in [0.29, 0.717) is 154 Å². The standard InChI is InChI=1S/C67H122F8O11S2/c1-9-16-21-24-31-42-52-79-67(78-51-41-30-22-17-10-2,83-59-48-35-28-29-36-49-59)87-66(85-63(74,75)61(68,69)70,86-64(62(71,72)73,77-50-40-23-18-11-3)81-57-44-37-32-38-45-57)65(88-80-53-39-19-12-4,82-58-46-33-26-25-27-34-47-58)84-60(76-54-55(8)14-6)56(15-7)43-20-13-5/h55-60H,9-54H2,1-8H3. The van der Waals surface area contributed by atoms with Crippen molar-refractivity contribution in [3.05, 3.63) is 0 Å². The molecule has 3 aliphatic carbocycles. The summed E-state index contributed by atoms with van der Waals surface area (Å²) in [5.74, 6) is -5.25. The molecular weight excluding hydrogens is 1200 g/mol. The molecule has 0 aliphatic heterocycles. The maximum absolute atomic E-state index is 17.7. The molecule has 0 radical (unpaired) electrons. The van der Waals surface area contributed by atoms with Crippen LogP contribution in [-0.2, 0) is 51.6 Å². The fourth-order valence-electron chi connectivity index (χ4n) is 11.3. The van der Waals surface area contributed by atoms with E-state index >= 15 is 35.1 Å². The van der Waals surface area contributed by atoms with Gasteiger partial charge in [-0.2, -0.15) is 35.1 Å². The van der Waals surface area contributed by atoms with Gasteiger partial charge in [0.05, 0.1) is 63.4 Å². The zero-order valence-electron chi connectivity index (χ0n) is 55.8. The average Bonchev–Trinajstić information content (AvgIpc) is 0.777. The summed E-state index contributed by atoms with van der Waals surface area (Å²) in [6.07, 6.45) is -0.377. The number of unbranched alkanes of at least 4 members (excludes halogenated alkanes) is 15. The van der Waals surface area contributed by atoms with Crippen LogP contribution in [0.2, 0.25) is 0 Å². The molecule has 3 fully saturated rings. The van der Waals surface area contributed by atoms with Gasteiger partial charge in [-0.25, -0.2) is 0 Å². The van der Waals surface area contributed by atoms with Gasteiger partial charge in [0.2, 0.25) is 0 Å². The van der Waals surface area contributed by atoms with E-state index in [0.717, 1.165) is 77.0 Å². The van der Waals surface area contributed by atoms with Gasteiger partial charge in [0.15, 0.2) is 6.29 Å². The maximum Gasteiger partial charge on any atom is 0.483 e. The van der Waals surface area contributed by atoms with E-state index in [-0.39, 0.29) is 88.3 Å². The third kappa shape index (κ3) is 29.8. The average molecular weight is 1320 g/mol. The first-order valence-corrected chi connectivity index (χ1v) is 36.9. The Morgan fingerprint density at radius 3 is 1.32 bits per heavy atom. The van der Waals surface area contributed by atoms with E-state index in [2.05, 4.69) is 13.8 Å². The highest BCUT2D eigenvalue weighted by Crippen LogP contribution is 2.62. The van der Waals surface area contributed by atoms with E-state index in [4.69, 9.17) is 51.6 Å². The molecule has 11 nitrogen and oxygen atoms in total. The van der Waals surface area contributed by atoms with Crippen molar-refractivity contribution >= 4 is 23.8 Å². The van der Waals surface area contributed by atoms with E-state index < -0.39 is 77.1 Å². The second-order valence-corrected chi connectivity index (χ2v) is 27.4. The first-order chi connectivity index (χ1) is 42.2. The molecule has 0 aromatic rings. The summed E-state index contributed by atoms with van der Waals surface area (Å²) < 4.78 is 210. The maximum atomic E-state index is 17.7. The minimum absolute atomic E-state index is 0.00127. The second kappa shape index (κ2) is 45.2. The lowest BCUT2D eigenvalue weighted by Gasteiger charge is -2.54. The number of thioether (sulfide) groups is 1. The fraction of sp³-hybridized carbons (Fsp3) is 1.00. The van der Waals surface area contributed by atoms with Gasteiger partial charge in [-0.1, -0.05) is 242 Å². The topological polar surface area (TPSA) is 102 Å². The molecule has 0 saturated heterocycles. The number of ether oxygens (including phenoxy) is 10. The first-order valence-electron chi connectivity index (χ1n) is 35.4. The van der Waals surface area contributed by atoms with Crippen LogP contribution in [0.5, 0.6) is 0 Å². The third-order valence-electron chi connectivity index (χ3n) is 17.1. The van der Waals surface area contributed by atoms with Gasteiger partial charge < -0.3 is 42.1 Å². The van der Waals surface area contributed by atoms with Crippen LogP contribution < -0.4 is 0 Å². The van der Waals surface area contributed by atoms with Gasteiger partial charge in [0.25, 0.3) is 0 Å². The van der Waals surface area contributed by atoms with Crippen LogP contribution in [0.1, 0.15) is 319 Å². The van der Waals surface area contributed by atoms with Gasteiger partial charge in [0, 0.05) is 17.7 Å². The highest BCUT2D eigenvalue weighted by Gasteiger charge is 2.78. The molecule has 21 heteroatoms. The van der Waals surface area contributed by atoms with Gasteiger partial charge in [0.1, 0.15) is 0 Å². The highest BCUT2D eigenvalue weighted by molar-refractivity contribution is 8.03. The van der Waals surface area contributed by atoms with Crippen LogP contribution in [0, 0.1) is 11.8 Å². The molecule has 0 N–H and O–H groups in total. The van der Waals surface area contributed by atoms with Crippen molar-refractivity contribution in [3.63, 3.8) is 0 Å². The SMILES string of the molecule is CCCCCCCCOC(OCCCCCCC)(OC1CCCCCC1)SC(OC(F)(F)C(F)(F)F)(OC(OCCCCCC)(OC1CCCCC1)C(F)(F)F)C(OC1CCCCCCC1)(OC(OCC(C)CC)C(CC)CCCC)SOCCCCC. The number of hydrogen-bond acceptors (Lipinski definition) is 13. The Morgan fingerprint density at radius 2 is 0.841 bits per heavy atom. The van der Waals surface area contributed by atoms with Crippen LogP contribution in [0.25, 0.3) is 0 Å². The van der Waals surface area contributed by atoms with Crippen LogP contribution in [-0.4, -0.2) is 97.6 Å². The lowest BCUT2D eigenvalue weighted by atomic mass is 9.98. The van der Waals surface area contributed by atoms with Crippen LogP contribution in [0.3, 0.4) is 0 Å². The van der Waals surface area contributed by atoms with Crippen molar-refractivity contribution in [2.75, 3.05) is 33.0 Å². The van der Waals surface area contributed by atoms with Crippen LogP contribution >= 0.6 is 23.8 Å². The highest BCUT2D eigenvalue weighted by atomic mass is 32.2. The number of hydrogen-bond donors (Lipinski definition) is 0. The van der Waals surface area contributed by atoms with Crippen LogP contribution in [0.15, 0.2) is 0 Å². The van der Waals surface area contributed by atoms with Crippen molar-refractivity contribution < 1.29 is 86.7 Å². The predicted molar refractivity (Wildman–Crippen MR) is 336 cm³/mol. The van der Waals surface area contributed by atoms with Crippen molar-refractivity contribution in [1.82, 2.24) is 0 Å². The molecule has 3 saturated carbocycles. The minimum Gasteiger partial charge on any atom is -0.352 e. The molecule has 0 heterocycles. The molecular formula is C67H122F8O11S2. The van der Waals surface area contributed by atoms with Gasteiger partial charge in [-0.05, 0) is 83.0 Å². The fourth-order valence-corrected chi connectivity index (χ4v) is 13.7. The smallest absolute Gasteiger partial charge is 0.352 e. The Balaban J connectivity index is 2.89. The Hall–Kier alpha value is -0.300. The Bertz CT molecular complexity index is 1690. The molecule has 524 valence electrons. The monoisotopic (exact) mass is 1320 g/mol. The predicted octanol–water partition coefficient (Wildman–Crippen LogP) is 22.7. The lowest BCUT2D eigenvalue weighted by Crippen LogP contribution is -2.70. The van der Waals surface area contributed by atoms with Gasteiger partial charge >= 0.3 is 40.0 Å². The molecule has 0 aromatic heterocycles. The largest absolute Gasteiger partial charge is 0.483 e. The summed E-state index contributed by atoms with van der Waals surface area (Å²) in [6.45, 7) is 14.4. The summed E-state index contributed by atoms with van der Waals surface area (Å²) in [4.78, 5) is 0. The Labute approximate surface area is 536 Å². The number of halogens is 8. The second-order valence-electron chi connectivity index (χ2n) is 25.2. The number of rotatable bonds is 51. The first kappa shape index (κ1) is 81.9. The summed E-state index contributed by atoms with van der Waals surface area (Å²) in [5, 5.41) is -10.7. The number of alkyl halides is 8. The zero-order chi connectivity index (χ0) is 64.7. The van der Waals surface area contributed by atoms with E-state index in [9.17, 15) is 0 Å². The molecule has 0 spiro atoms. The van der Waals surface area contributed by atoms with E-state index in [1.807, 2.05) is 41.5 Å². The molecule has 0 amide bonds. The Kier molecular flexibility index (Phi) is 42.1. The summed E-state index contributed by atoms with van der Waals surface area (Å²) in [6, 6.07) is 0. The third-order valence-corrected chi connectivity index (χ3v) is 19.5. The molecule has 7 atom stereocenters. The van der Waals surface area contributed by atoms with E-state index in [1.165, 1.54) is 0 Å². The molecule has 0 bridgehead atoms. The van der Waals surface area contributed by atoms with Crippen molar-refractivity contribution in [2.45, 2.75) is 383 Å². The zero-order valence-corrected chi connectivity index (χ0v) is 57.5. The molecule has 7 unspecified atom stereocenters. The summed E-state index contributed by atoms with van der Waals surface area (Å²) in [7, 11) is 0. The molecule has 3 aliphatic rings. The van der Waals surface area contributed by atoms with Gasteiger partial charge in [-0.15, -0.1) is 0 Å². The van der Waals surface area contributed by atoms with Gasteiger partial charge in [-0.3, -0.25) is 9.47 Å². The van der Waals surface area contributed by atoms with E-state index in [1.54, 1.807) is 0 Å². The molecule has 3 rings (SSSR count). The van der Waals surface area contributed by atoms with Crippen LogP contribution in [0.4, 0.5) is 35.1 Å². The lowest BCUT2D eigenvalue weighted by molar-refractivity contribution is -0.560. The molecule has 0 aromatic carbocycles. The van der Waals surface area contributed by atoms with Crippen molar-refractivity contribution in [3.8, 4) is 0 Å². The van der Waals surface area contributed by atoms with Crippen molar-refractivity contribution in [2.24, 2.45) is 11.8 Å². The minimum atomic E-state index is -6.61. The normalized spacial score (nSPS) is 20.7. The summed E-state index contributed by atoms with van der Waals surface area (Å²) in [5.41, 5.74) is 0.